The number of ketones is 2. The summed E-state index contributed by atoms with van der Waals surface area (Å²) in [6.45, 7) is -11.6. The third kappa shape index (κ3) is 9.21. The lowest BCUT2D eigenvalue weighted by Crippen LogP contribution is -2.20. The van der Waals surface area contributed by atoms with E-state index in [1.54, 1.807) is 19.9 Å². The summed E-state index contributed by atoms with van der Waals surface area (Å²) in [5.41, 5.74) is -5.32. The van der Waals surface area contributed by atoms with Crippen LogP contribution in [0.1, 0.15) is 97.7 Å². The molecule has 59 heavy (non-hydrogen) atoms. The fourth-order valence-electron chi connectivity index (χ4n) is 4.92. The molecule has 1 amide bonds. The Bertz CT molecular complexity index is 3590. The number of halogens is 1. The smallest absolute Gasteiger partial charge is 0.267 e. The van der Waals surface area contributed by atoms with E-state index in [2.05, 4.69) is 15.0 Å². The van der Waals surface area contributed by atoms with E-state index in [4.69, 9.17) is 54.9 Å². The largest absolute Gasteiger partial charge is 0.454 e. The van der Waals surface area contributed by atoms with Gasteiger partial charge in [0.15, 0.2) is 25.9 Å². The Kier molecular flexibility index (Phi) is 7.24. The van der Waals surface area contributed by atoms with Crippen molar-refractivity contribution in [1.29, 1.82) is 0 Å². The molecule has 16 nitrogen and oxygen atoms in total. The van der Waals surface area contributed by atoms with Crippen LogP contribution < -0.4 is 24.2 Å². The van der Waals surface area contributed by atoms with Gasteiger partial charge in [-0.3, -0.25) is 14.4 Å². The first-order chi connectivity index (χ1) is 35.0. The average Bonchev–Trinajstić information content (AvgIpc) is 4.14. The molecule has 5 heterocycles. The first-order valence-corrected chi connectivity index (χ1v) is 21.0. The summed E-state index contributed by atoms with van der Waals surface area (Å²) in [5.74, 6) is -5.15. The van der Waals surface area contributed by atoms with E-state index in [-0.39, 0.29) is 44.3 Å². The quantitative estimate of drug-likeness (QED) is 0.0986. The number of benzene rings is 2. The summed E-state index contributed by atoms with van der Waals surface area (Å²) in [6, 6.07) is 2.26. The first-order valence-electron chi connectivity index (χ1n) is 24.9. The number of nitrogens with one attached hydrogen (secondary N) is 3. The molecule has 7 rings (SSSR count). The highest BCUT2D eigenvalue weighted by Crippen LogP contribution is 2.36. The molecule has 0 bridgehead atoms. The topological polar surface area (TPSA) is 226 Å². The van der Waals surface area contributed by atoms with Crippen molar-refractivity contribution < 1.29 is 74.5 Å². The number of thiophene rings is 2. The minimum atomic E-state index is -5.26. The van der Waals surface area contributed by atoms with Gasteiger partial charge in [0, 0.05) is 34.0 Å². The molecule has 0 saturated heterocycles. The predicted octanol–water partition coefficient (Wildman–Crippen LogP) is 8.19. The number of ether oxygens (including phenoxy) is 2. The molecule has 1 aliphatic heterocycles. The van der Waals surface area contributed by atoms with Crippen LogP contribution in [0, 0.1) is 41.3 Å². The van der Waals surface area contributed by atoms with Crippen molar-refractivity contribution >= 4 is 89.3 Å². The van der Waals surface area contributed by atoms with Crippen LogP contribution >= 0.6 is 34.3 Å². The van der Waals surface area contributed by atoms with Gasteiger partial charge in [-0.2, -0.15) is 0 Å². The molecule has 1 aliphatic rings. The second-order valence-corrected chi connectivity index (χ2v) is 17.3. The van der Waals surface area contributed by atoms with E-state index in [1.165, 1.54) is 17.5 Å². The summed E-state index contributed by atoms with van der Waals surface area (Å²) in [7, 11) is -9.42. The van der Waals surface area contributed by atoms with Crippen LogP contribution in [0.15, 0.2) is 65.9 Å². The molecular formula is C38H36ClN5O11S4. The molecule has 310 valence electrons. The van der Waals surface area contributed by atoms with Crippen molar-refractivity contribution in [2.24, 2.45) is 0 Å². The van der Waals surface area contributed by atoms with Crippen LogP contribution in [0.2, 0.25) is 7.85 Å². The van der Waals surface area contributed by atoms with Crippen molar-refractivity contribution in [2.45, 2.75) is 64.4 Å². The molecule has 4 aromatic heterocycles. The maximum Gasteiger partial charge on any atom is 0.267 e. The van der Waals surface area contributed by atoms with Crippen molar-refractivity contribution in [2.75, 3.05) is 21.5 Å². The number of fused-ring (bicyclic) bond motifs is 1. The van der Waals surface area contributed by atoms with E-state index in [0.717, 1.165) is 29.7 Å². The molecule has 0 fully saturated rings. The lowest BCUT2D eigenvalue weighted by Gasteiger charge is -2.14. The Morgan fingerprint density at radius 2 is 1.58 bits per heavy atom. The van der Waals surface area contributed by atoms with Gasteiger partial charge in [-0.25, -0.2) is 26.3 Å². The number of hydrogen-bond acceptors (Lipinski definition) is 15. The molecule has 6 aromatic rings. The van der Waals surface area contributed by atoms with Gasteiger partial charge in [0.1, 0.15) is 28.1 Å². The van der Waals surface area contributed by atoms with Gasteiger partial charge < -0.3 is 23.8 Å². The van der Waals surface area contributed by atoms with E-state index in [9.17, 15) is 31.2 Å². The summed E-state index contributed by atoms with van der Waals surface area (Å²) >= 11 is 7.27. The van der Waals surface area contributed by atoms with Crippen LogP contribution in [0.4, 0.5) is 17.5 Å². The average molecular weight is 921 g/mol. The zero-order chi connectivity index (χ0) is 58.2. The first kappa shape index (κ1) is 25.2. The summed E-state index contributed by atoms with van der Waals surface area (Å²) in [6.07, 6.45) is -0.114. The molecule has 0 atom stereocenters. The third-order valence-corrected chi connectivity index (χ3v) is 13.0. The Morgan fingerprint density at radius 1 is 0.898 bits per heavy atom. The van der Waals surface area contributed by atoms with Gasteiger partial charge in [-0.05, 0) is 112 Å². The Labute approximate surface area is 377 Å². The highest BCUT2D eigenvalue weighted by atomic mass is 35.5. The molecule has 0 aliphatic carbocycles. The Hall–Kier alpha value is -5.54. The standard InChI is InChI=1S/C20H21N3O5S2.C18H15ClN2O6S2/c1-10-8-11(2)17(15(9-10)14(5)24)21-19(25)18-16(6-7-29-18)30(26,27)23-20-12(3)13(4)22-28-20;1-9-5-13-14(26-8-25-13)7-11(9)6-12(22)17-15(3-4-28-17)29(23,24)21-18-16(19)10(2)20-27-18/h6-9,23H,1-5H3,(H,21,25);3-5,7,21H,6,8H2,1-2H3/i1D3,2D3,3D3,5D3,8D,9D;8D2/hD2. The molecule has 2 aromatic carbocycles. The number of amides is 1. The number of aromatic nitrogens is 2. The molecular weight excluding hydrogens is 866 g/mol. The fraction of sp³-hybridized carbons (Fsp3) is 0.237. The van der Waals surface area contributed by atoms with Crippen molar-refractivity contribution in [3.63, 3.8) is 0 Å². The summed E-state index contributed by atoms with van der Waals surface area (Å²) in [5, 5.41) is 9.02. The SMILES string of the molecule is [2H]C1([2H])Oc2cc(C)c(CC(=O)c3sccc3S(=O)(=O)Nc3onc(C)c3Cl)cc2O1.[2H]c1c(C(=O)C([2H])([2H])[2H])c(N([2H])C(=O)c2sccc2S(=O)(=O)N([2H])c2onc(C)c2C([2H])([2H])[2H])c(C([2H])([2H])[2H])c([2H])c1C([2H])([2H])[2H]. The maximum absolute atomic E-state index is 13.7. The second kappa shape index (κ2) is 17.0. The van der Waals surface area contributed by atoms with Crippen LogP contribution in [-0.2, 0) is 26.5 Å². The summed E-state index contributed by atoms with van der Waals surface area (Å²) in [4.78, 5) is 37.5. The highest BCUT2D eigenvalue weighted by Gasteiger charge is 2.29. The van der Waals surface area contributed by atoms with Crippen molar-refractivity contribution in [3.05, 3.63) is 107 Å². The van der Waals surface area contributed by atoms with Crippen molar-refractivity contribution in [1.82, 2.24) is 10.3 Å². The number of rotatable bonds is 12. The number of anilines is 3. The predicted molar refractivity (Wildman–Crippen MR) is 222 cm³/mol. The zero-order valence-corrected chi connectivity index (χ0v) is 34.0. The molecule has 0 unspecified atom stereocenters. The van der Waals surface area contributed by atoms with Crippen LogP contribution in [0.3, 0.4) is 0 Å². The number of sulfonamides is 2. The minimum Gasteiger partial charge on any atom is -0.454 e. The monoisotopic (exact) mass is 919 g/mol. The van der Waals surface area contributed by atoms with Crippen molar-refractivity contribution in [3.8, 4) is 11.5 Å². The van der Waals surface area contributed by atoms with E-state index in [0.29, 0.717) is 28.2 Å². The highest BCUT2D eigenvalue weighted by molar-refractivity contribution is 7.93. The van der Waals surface area contributed by atoms with Crippen LogP contribution in [0.25, 0.3) is 0 Å². The number of hydrogen-bond donors (Lipinski definition) is 3. The lowest BCUT2D eigenvalue weighted by atomic mass is 10.0. The van der Waals surface area contributed by atoms with Gasteiger partial charge in [0.05, 0.1) is 19.0 Å². The van der Waals surface area contributed by atoms with Crippen LogP contribution in [-0.4, -0.2) is 51.4 Å². The molecule has 0 radical (unpaired) electrons. The second-order valence-electron chi connectivity index (χ2n) is 11.8. The Morgan fingerprint density at radius 3 is 2.24 bits per heavy atom. The number of carbonyl (C=O) groups excluding carboxylic acids is 3. The number of carbonyl (C=O) groups is 3. The molecule has 3 N–H and O–H groups in total. The lowest BCUT2D eigenvalue weighted by molar-refractivity contribution is 0.0989. The number of nitrogens with zero attached hydrogens (tertiary/aromatic N) is 2. The Balaban J connectivity index is 0.000000268. The van der Waals surface area contributed by atoms with Gasteiger partial charge in [-0.15, -0.1) is 22.7 Å². The molecule has 0 saturated carbocycles. The van der Waals surface area contributed by atoms with Gasteiger partial charge >= 0.3 is 0 Å². The van der Waals surface area contributed by atoms with E-state index >= 15 is 0 Å². The minimum absolute atomic E-state index is 0.0301. The van der Waals surface area contributed by atoms with Gasteiger partial charge in [0.25, 0.3) is 31.8 Å². The van der Waals surface area contributed by atoms with Gasteiger partial charge in [0.2, 0.25) is 12.6 Å². The van der Waals surface area contributed by atoms with Crippen LogP contribution in [0.5, 0.6) is 11.5 Å². The molecule has 0 spiro atoms. The van der Waals surface area contributed by atoms with E-state index in [1.807, 2.05) is 0 Å². The zero-order valence-electron chi connectivity index (χ0n) is 48.0. The van der Waals surface area contributed by atoms with Gasteiger partial charge in [-0.1, -0.05) is 28.0 Å². The summed E-state index contributed by atoms with van der Waals surface area (Å²) < 4.78 is 215. The fourth-order valence-corrected chi connectivity index (χ4v) is 9.70. The number of aryl methyl sites for hydroxylation is 3. The number of Topliss-reactive ketones (excluding diaryl/α,β-unsaturated/α-hetero) is 2. The normalized spacial score (nSPS) is 18.3. The third-order valence-electron chi connectivity index (χ3n) is 7.81. The van der Waals surface area contributed by atoms with E-state index < -0.39 is 137 Å². The maximum atomic E-state index is 13.7. The molecule has 21 heteroatoms.